The quantitative estimate of drug-likeness (QED) is 0.218. The number of ether oxygens (including phenoxy) is 1. The summed E-state index contributed by atoms with van der Waals surface area (Å²) in [6.45, 7) is 9.50. The van der Waals surface area contributed by atoms with Crippen LogP contribution in [0.25, 0.3) is 43.2 Å². The number of rotatable bonds is 6. The second kappa shape index (κ2) is 10.1. The first-order valence-electron chi connectivity index (χ1n) is 12.3. The topological polar surface area (TPSA) is 69.9 Å². The summed E-state index contributed by atoms with van der Waals surface area (Å²) in [7, 11) is 1.89. The number of carbonyl (C=O) groups is 1. The molecular weight excluding hydrogens is 516 g/mol. The van der Waals surface area contributed by atoms with E-state index in [1.165, 1.54) is 0 Å². The van der Waals surface area contributed by atoms with Crippen LogP contribution in [0.2, 0.25) is 5.02 Å². The lowest BCUT2D eigenvalue weighted by molar-refractivity contribution is -0.138. The van der Waals surface area contributed by atoms with Crippen LogP contribution in [0.5, 0.6) is 0 Å². The van der Waals surface area contributed by atoms with Gasteiger partial charge in [0, 0.05) is 46.7 Å². The van der Waals surface area contributed by atoms with E-state index >= 15 is 0 Å². The summed E-state index contributed by atoms with van der Waals surface area (Å²) >= 11 is 7.83. The summed E-state index contributed by atoms with van der Waals surface area (Å²) in [6, 6.07) is 13.8. The molecule has 3 aromatic heterocycles. The van der Waals surface area contributed by atoms with Crippen molar-refractivity contribution in [1.29, 1.82) is 0 Å². The fourth-order valence-corrected chi connectivity index (χ4v) is 5.80. The van der Waals surface area contributed by atoms with E-state index in [1.807, 2.05) is 77.3 Å². The molecule has 8 heteroatoms. The van der Waals surface area contributed by atoms with E-state index in [0.717, 1.165) is 54.3 Å². The van der Waals surface area contributed by atoms with E-state index < -0.39 is 11.7 Å². The van der Waals surface area contributed by atoms with E-state index in [1.54, 1.807) is 35.3 Å². The molecule has 3 heterocycles. The van der Waals surface area contributed by atoms with Crippen molar-refractivity contribution >= 4 is 38.9 Å². The maximum atomic E-state index is 13.0. The van der Waals surface area contributed by atoms with Gasteiger partial charge >= 0.3 is 0 Å². The lowest BCUT2D eigenvalue weighted by atomic mass is 9.90. The van der Waals surface area contributed by atoms with E-state index in [4.69, 9.17) is 21.3 Å². The second-order valence-corrected chi connectivity index (χ2v) is 11.8. The number of fused-ring (bicyclic) bond motifs is 1. The van der Waals surface area contributed by atoms with Gasteiger partial charge in [0.05, 0.1) is 27.7 Å². The molecule has 0 aliphatic carbocycles. The standard InChI is InChI=1S/C30H29ClN4O2S/c1-17-13-24-28(38-29(34-24)20-11-12-32-23(14-20)21-15-33-35(6)16-21)26(19-7-9-22(31)10-8-19)25(17)27(18(2)36)37-30(3,4)5/h7-16,27H,1-6H3/t27-/m1/s1. The molecule has 5 aromatic rings. The summed E-state index contributed by atoms with van der Waals surface area (Å²) in [6.07, 6.45) is 4.82. The first-order valence-corrected chi connectivity index (χ1v) is 13.5. The highest BCUT2D eigenvalue weighted by Crippen LogP contribution is 2.44. The molecule has 0 N–H and O–H groups in total. The highest BCUT2D eigenvalue weighted by Gasteiger charge is 2.30. The second-order valence-electron chi connectivity index (χ2n) is 10.4. The van der Waals surface area contributed by atoms with Gasteiger partial charge in [-0.1, -0.05) is 23.7 Å². The van der Waals surface area contributed by atoms with Crippen molar-refractivity contribution in [3.05, 3.63) is 77.2 Å². The number of Topliss-reactive ketones (excluding diaryl/α,β-unsaturated/α-hetero) is 1. The first-order chi connectivity index (χ1) is 18.0. The van der Waals surface area contributed by atoms with Crippen LogP contribution in [0.15, 0.2) is 61.1 Å². The average Bonchev–Trinajstić information content (AvgIpc) is 3.48. The fourth-order valence-electron chi connectivity index (χ4n) is 4.55. The lowest BCUT2D eigenvalue weighted by Gasteiger charge is -2.29. The van der Waals surface area contributed by atoms with Gasteiger partial charge in [0.25, 0.3) is 0 Å². The molecule has 2 aromatic carbocycles. The zero-order chi connectivity index (χ0) is 27.2. The van der Waals surface area contributed by atoms with Crippen molar-refractivity contribution in [2.24, 2.45) is 7.05 Å². The summed E-state index contributed by atoms with van der Waals surface area (Å²) in [4.78, 5) is 22.5. The van der Waals surface area contributed by atoms with Crippen molar-refractivity contribution < 1.29 is 9.53 Å². The number of carbonyl (C=O) groups excluding carboxylic acids is 1. The Bertz CT molecular complexity index is 1650. The van der Waals surface area contributed by atoms with Gasteiger partial charge in [-0.25, -0.2) is 4.98 Å². The minimum absolute atomic E-state index is 0.0439. The summed E-state index contributed by atoms with van der Waals surface area (Å²) in [5.41, 5.74) is 6.84. The molecule has 0 spiro atoms. The first kappa shape index (κ1) is 26.2. The smallest absolute Gasteiger partial charge is 0.163 e. The number of hydrogen-bond donors (Lipinski definition) is 0. The van der Waals surface area contributed by atoms with E-state index in [9.17, 15) is 4.79 Å². The summed E-state index contributed by atoms with van der Waals surface area (Å²) in [5.74, 6) is -0.0439. The molecule has 0 saturated carbocycles. The highest BCUT2D eigenvalue weighted by atomic mass is 35.5. The predicted octanol–water partition coefficient (Wildman–Crippen LogP) is 7.83. The van der Waals surface area contributed by atoms with Crippen molar-refractivity contribution in [2.45, 2.75) is 46.3 Å². The molecule has 0 bridgehead atoms. The molecule has 5 rings (SSSR count). The van der Waals surface area contributed by atoms with Crippen molar-refractivity contribution in [2.75, 3.05) is 0 Å². The monoisotopic (exact) mass is 544 g/mol. The van der Waals surface area contributed by atoms with Gasteiger partial charge in [0.1, 0.15) is 11.1 Å². The third-order valence-corrected chi connectivity index (χ3v) is 7.56. The SMILES string of the molecule is CC(=O)[C@@H](OC(C)(C)C)c1c(C)cc2nc(-c3ccnc(-c4cnn(C)c4)c3)sc2c1-c1ccc(Cl)cc1. The number of hydrogen-bond acceptors (Lipinski definition) is 6. The van der Waals surface area contributed by atoms with Crippen molar-refractivity contribution in [1.82, 2.24) is 19.7 Å². The number of aromatic nitrogens is 4. The van der Waals surface area contributed by atoms with E-state index in [0.29, 0.717) is 5.02 Å². The Kier molecular flexibility index (Phi) is 6.94. The number of nitrogens with zero attached hydrogens (tertiary/aromatic N) is 4. The molecule has 0 saturated heterocycles. The summed E-state index contributed by atoms with van der Waals surface area (Å²) in [5, 5.41) is 5.79. The number of thiazole rings is 1. The van der Waals surface area contributed by atoms with Crippen molar-refractivity contribution in [3.63, 3.8) is 0 Å². The Labute approximate surface area is 231 Å². The molecule has 0 unspecified atom stereocenters. The van der Waals surface area contributed by atoms with Gasteiger partial charge in [-0.2, -0.15) is 5.10 Å². The number of aryl methyl sites for hydroxylation is 2. The number of halogens is 1. The van der Waals surface area contributed by atoms with Gasteiger partial charge in [0.15, 0.2) is 5.78 Å². The van der Waals surface area contributed by atoms with E-state index in [-0.39, 0.29) is 5.78 Å². The van der Waals surface area contributed by atoms with Crippen LogP contribution in [-0.2, 0) is 16.6 Å². The highest BCUT2D eigenvalue weighted by molar-refractivity contribution is 7.22. The maximum Gasteiger partial charge on any atom is 0.163 e. The van der Waals surface area contributed by atoms with Gasteiger partial charge in [-0.3, -0.25) is 14.5 Å². The fraction of sp³-hybridized carbons (Fsp3) is 0.267. The molecule has 6 nitrogen and oxygen atoms in total. The van der Waals surface area contributed by atoms with Crippen LogP contribution < -0.4 is 0 Å². The number of benzene rings is 2. The van der Waals surface area contributed by atoms with Crippen LogP contribution in [0.1, 0.15) is 44.9 Å². The molecule has 0 fully saturated rings. The normalized spacial score (nSPS) is 12.7. The molecule has 194 valence electrons. The minimum Gasteiger partial charge on any atom is -0.360 e. The van der Waals surface area contributed by atoms with Crippen LogP contribution >= 0.6 is 22.9 Å². The van der Waals surface area contributed by atoms with Gasteiger partial charge < -0.3 is 4.74 Å². The number of ketones is 1. The third-order valence-electron chi connectivity index (χ3n) is 6.17. The Hall–Kier alpha value is -3.39. The van der Waals surface area contributed by atoms with Gasteiger partial charge in [0.2, 0.25) is 0 Å². The van der Waals surface area contributed by atoms with Crippen molar-refractivity contribution in [3.8, 4) is 33.0 Å². The molecule has 0 aliphatic rings. The predicted molar refractivity (Wildman–Crippen MR) is 154 cm³/mol. The van der Waals surface area contributed by atoms with Crippen LogP contribution in [0.3, 0.4) is 0 Å². The molecular formula is C30H29ClN4O2S. The van der Waals surface area contributed by atoms with E-state index in [2.05, 4.69) is 16.1 Å². The Balaban J connectivity index is 1.74. The number of pyridine rings is 1. The zero-order valence-corrected chi connectivity index (χ0v) is 23.8. The summed E-state index contributed by atoms with van der Waals surface area (Å²) < 4.78 is 9.10. The average molecular weight is 545 g/mol. The Morgan fingerprint density at radius 2 is 1.82 bits per heavy atom. The largest absolute Gasteiger partial charge is 0.360 e. The Morgan fingerprint density at radius 3 is 2.45 bits per heavy atom. The molecule has 0 amide bonds. The molecule has 1 atom stereocenters. The molecule has 38 heavy (non-hydrogen) atoms. The van der Waals surface area contributed by atoms with Crippen LogP contribution in [0.4, 0.5) is 0 Å². The molecule has 0 radical (unpaired) electrons. The van der Waals surface area contributed by atoms with Crippen LogP contribution in [-0.4, -0.2) is 31.1 Å². The third kappa shape index (κ3) is 5.27. The Morgan fingerprint density at radius 1 is 1.08 bits per heavy atom. The van der Waals surface area contributed by atoms with Gasteiger partial charge in [-0.15, -0.1) is 11.3 Å². The van der Waals surface area contributed by atoms with Crippen LogP contribution in [0, 0.1) is 6.92 Å². The maximum absolute atomic E-state index is 13.0. The molecule has 0 aliphatic heterocycles. The zero-order valence-electron chi connectivity index (χ0n) is 22.2. The lowest BCUT2D eigenvalue weighted by Crippen LogP contribution is -2.27. The minimum atomic E-state index is -0.714. The van der Waals surface area contributed by atoms with Gasteiger partial charge in [-0.05, 0) is 76.1 Å².